The average molecular weight is 400 g/mol. The third-order valence-electron chi connectivity index (χ3n) is 5.30. The van der Waals surface area contributed by atoms with Crippen LogP contribution < -0.4 is 16.6 Å². The first kappa shape index (κ1) is 20.7. The summed E-state index contributed by atoms with van der Waals surface area (Å²) in [5.74, 6) is -1.41. The summed E-state index contributed by atoms with van der Waals surface area (Å²) in [4.78, 5) is 38.1. The molecule has 0 radical (unpaired) electrons. The van der Waals surface area contributed by atoms with Crippen molar-refractivity contribution in [3.05, 3.63) is 64.3 Å². The second-order valence-corrected chi connectivity index (χ2v) is 7.56. The average Bonchev–Trinajstić information content (AvgIpc) is 2.69. The topological polar surface area (TPSA) is 97.4 Å². The highest BCUT2D eigenvalue weighted by Crippen LogP contribution is 2.25. The predicted molar refractivity (Wildman–Crippen MR) is 107 cm³/mol. The minimum Gasteiger partial charge on any atom is -0.349 e. The molecular weight excluding hydrogens is 375 g/mol. The number of benzene rings is 1. The number of nitrogens with one attached hydrogen (secondary N) is 1. The number of pyridine rings is 1. The van der Waals surface area contributed by atoms with Crippen LogP contribution in [0.5, 0.6) is 0 Å². The Morgan fingerprint density at radius 2 is 1.97 bits per heavy atom. The molecule has 3 N–H and O–H groups in total. The summed E-state index contributed by atoms with van der Waals surface area (Å²) in [7, 11) is 3.41. The van der Waals surface area contributed by atoms with Crippen molar-refractivity contribution in [3.63, 3.8) is 0 Å². The summed E-state index contributed by atoms with van der Waals surface area (Å²) in [5.41, 5.74) is 6.10. The van der Waals surface area contributed by atoms with Crippen molar-refractivity contribution in [2.45, 2.75) is 31.3 Å². The Kier molecular flexibility index (Phi) is 6.12. The number of amides is 2. The van der Waals surface area contributed by atoms with Crippen molar-refractivity contribution >= 4 is 11.8 Å². The van der Waals surface area contributed by atoms with E-state index in [9.17, 15) is 18.8 Å². The van der Waals surface area contributed by atoms with E-state index in [1.54, 1.807) is 31.1 Å². The molecule has 7 nitrogen and oxygen atoms in total. The zero-order chi connectivity index (χ0) is 21.1. The van der Waals surface area contributed by atoms with E-state index >= 15 is 0 Å². The highest BCUT2D eigenvalue weighted by atomic mass is 19.1. The molecule has 29 heavy (non-hydrogen) atoms. The molecule has 1 aliphatic rings. The summed E-state index contributed by atoms with van der Waals surface area (Å²) in [6, 6.07) is 7.95. The van der Waals surface area contributed by atoms with Crippen LogP contribution in [0.1, 0.15) is 29.6 Å². The van der Waals surface area contributed by atoms with Gasteiger partial charge in [-0.3, -0.25) is 19.0 Å². The quantitative estimate of drug-likeness (QED) is 0.808. The molecule has 1 fully saturated rings. The van der Waals surface area contributed by atoms with E-state index in [4.69, 9.17) is 5.73 Å². The molecule has 1 aromatic carbocycles. The number of hydrogen-bond donors (Lipinski definition) is 2. The minimum absolute atomic E-state index is 0.0306. The number of nitrogens with two attached hydrogens (primary N) is 1. The van der Waals surface area contributed by atoms with Crippen LogP contribution in [0.2, 0.25) is 0 Å². The summed E-state index contributed by atoms with van der Waals surface area (Å²) in [6.07, 6.45) is 3.17. The molecule has 1 heterocycles. The van der Waals surface area contributed by atoms with Gasteiger partial charge in [0, 0.05) is 44.4 Å². The van der Waals surface area contributed by atoms with Crippen LogP contribution in [0.15, 0.2) is 47.4 Å². The van der Waals surface area contributed by atoms with E-state index in [2.05, 4.69) is 5.32 Å². The highest BCUT2D eigenvalue weighted by Gasteiger charge is 2.33. The van der Waals surface area contributed by atoms with Crippen LogP contribution >= 0.6 is 0 Å². The van der Waals surface area contributed by atoms with Crippen molar-refractivity contribution < 1.29 is 14.0 Å². The van der Waals surface area contributed by atoms with Crippen LogP contribution in [0.25, 0.3) is 5.69 Å². The van der Waals surface area contributed by atoms with E-state index in [0.29, 0.717) is 24.9 Å². The maximum atomic E-state index is 14.6. The van der Waals surface area contributed by atoms with Gasteiger partial charge in [-0.25, -0.2) is 4.39 Å². The molecule has 3 atom stereocenters. The second-order valence-electron chi connectivity index (χ2n) is 7.56. The Morgan fingerprint density at radius 3 is 2.59 bits per heavy atom. The molecule has 2 aromatic rings. The first-order chi connectivity index (χ1) is 13.8. The summed E-state index contributed by atoms with van der Waals surface area (Å²) in [5, 5.41) is 2.79. The second kappa shape index (κ2) is 8.57. The molecule has 3 unspecified atom stereocenters. The van der Waals surface area contributed by atoms with Gasteiger partial charge in [-0.05, 0) is 43.5 Å². The van der Waals surface area contributed by atoms with Gasteiger partial charge in [0.05, 0.1) is 11.3 Å². The Morgan fingerprint density at radius 1 is 1.21 bits per heavy atom. The lowest BCUT2D eigenvalue weighted by molar-refractivity contribution is -0.134. The number of nitrogens with zero attached hydrogens (tertiary/aromatic N) is 2. The van der Waals surface area contributed by atoms with Gasteiger partial charge in [0.15, 0.2) is 0 Å². The van der Waals surface area contributed by atoms with Gasteiger partial charge in [-0.1, -0.05) is 6.07 Å². The normalized spacial score (nSPS) is 21.4. The molecular formula is C21H25FN4O3. The SMILES string of the molecule is CN(C)C(=O)C1CCC(NC(=O)c2ccc(-n3ccccc3=O)cc2F)C(N)C1. The third-order valence-corrected chi connectivity index (χ3v) is 5.30. The standard InChI is InChI=1S/C21H25FN4O3/c1-25(2)21(29)13-6-9-18(17(23)11-13)24-20(28)15-8-7-14(12-16(15)22)26-10-4-3-5-19(26)27/h3-5,7-8,10,12-13,17-18H,6,9,11,23H2,1-2H3,(H,24,28). The van der Waals surface area contributed by atoms with Gasteiger partial charge < -0.3 is 16.0 Å². The van der Waals surface area contributed by atoms with Gasteiger partial charge in [0.25, 0.3) is 11.5 Å². The van der Waals surface area contributed by atoms with Crippen LogP contribution in [-0.2, 0) is 4.79 Å². The molecule has 0 bridgehead atoms. The molecule has 0 saturated heterocycles. The Bertz CT molecular complexity index is 972. The molecule has 3 rings (SSSR count). The zero-order valence-electron chi connectivity index (χ0n) is 16.5. The first-order valence-electron chi connectivity index (χ1n) is 9.53. The lowest BCUT2D eigenvalue weighted by atomic mass is 9.82. The fourth-order valence-electron chi connectivity index (χ4n) is 3.70. The van der Waals surface area contributed by atoms with Crippen molar-refractivity contribution in [2.24, 2.45) is 11.7 Å². The Hall–Kier alpha value is -3.00. The first-order valence-corrected chi connectivity index (χ1v) is 9.53. The predicted octanol–water partition coefficient (Wildman–Crippen LogP) is 1.29. The lowest BCUT2D eigenvalue weighted by Gasteiger charge is -2.34. The van der Waals surface area contributed by atoms with Crippen LogP contribution in [0.3, 0.4) is 0 Å². The number of rotatable bonds is 4. The molecule has 0 spiro atoms. The Labute approximate surface area is 168 Å². The maximum absolute atomic E-state index is 14.6. The Balaban J connectivity index is 1.69. The monoisotopic (exact) mass is 400 g/mol. The summed E-state index contributed by atoms with van der Waals surface area (Å²) in [6.45, 7) is 0. The van der Waals surface area contributed by atoms with Crippen molar-refractivity contribution in [2.75, 3.05) is 14.1 Å². The van der Waals surface area contributed by atoms with E-state index in [0.717, 1.165) is 6.07 Å². The van der Waals surface area contributed by atoms with Crippen molar-refractivity contribution in [1.29, 1.82) is 0 Å². The maximum Gasteiger partial charge on any atom is 0.255 e. The number of aromatic nitrogens is 1. The van der Waals surface area contributed by atoms with Crippen LogP contribution in [0, 0.1) is 11.7 Å². The molecule has 0 aliphatic heterocycles. The molecule has 1 aliphatic carbocycles. The van der Waals surface area contributed by atoms with Gasteiger partial charge in [-0.2, -0.15) is 0 Å². The van der Waals surface area contributed by atoms with E-state index in [1.165, 1.54) is 29.0 Å². The largest absolute Gasteiger partial charge is 0.349 e. The summed E-state index contributed by atoms with van der Waals surface area (Å²) < 4.78 is 15.9. The van der Waals surface area contributed by atoms with E-state index in [1.807, 2.05) is 0 Å². The fourth-order valence-corrected chi connectivity index (χ4v) is 3.70. The van der Waals surface area contributed by atoms with Crippen molar-refractivity contribution in [1.82, 2.24) is 14.8 Å². The molecule has 8 heteroatoms. The minimum atomic E-state index is -0.721. The third kappa shape index (κ3) is 4.54. The molecule has 2 amide bonds. The van der Waals surface area contributed by atoms with Crippen molar-refractivity contribution in [3.8, 4) is 5.69 Å². The number of hydrogen-bond acceptors (Lipinski definition) is 4. The fraction of sp³-hybridized carbons (Fsp3) is 0.381. The molecule has 1 aromatic heterocycles. The van der Waals surface area contributed by atoms with E-state index in [-0.39, 0.29) is 35.0 Å². The molecule has 1 saturated carbocycles. The van der Waals surface area contributed by atoms with Crippen LogP contribution in [-0.4, -0.2) is 47.5 Å². The summed E-state index contributed by atoms with van der Waals surface area (Å²) >= 11 is 0. The smallest absolute Gasteiger partial charge is 0.255 e. The highest BCUT2D eigenvalue weighted by molar-refractivity contribution is 5.95. The molecule has 154 valence electrons. The number of carbonyl (C=O) groups excluding carboxylic acids is 2. The number of halogens is 1. The van der Waals surface area contributed by atoms with Gasteiger partial charge in [0.2, 0.25) is 5.91 Å². The van der Waals surface area contributed by atoms with Gasteiger partial charge in [-0.15, -0.1) is 0 Å². The van der Waals surface area contributed by atoms with Gasteiger partial charge >= 0.3 is 0 Å². The van der Waals surface area contributed by atoms with Crippen LogP contribution in [0.4, 0.5) is 4.39 Å². The number of carbonyl (C=O) groups is 2. The van der Waals surface area contributed by atoms with Gasteiger partial charge in [0.1, 0.15) is 5.82 Å². The lowest BCUT2D eigenvalue weighted by Crippen LogP contribution is -2.52. The van der Waals surface area contributed by atoms with E-state index < -0.39 is 11.7 Å². The zero-order valence-corrected chi connectivity index (χ0v) is 16.5.